The number of hydrogen-bond donors (Lipinski definition) is 0. The van der Waals surface area contributed by atoms with E-state index in [9.17, 15) is 4.79 Å². The standard InChI is InChI=1S/C16H19BrN4O/c1-19-16(22)10-15(11-18-19)21-8-6-20(7-9-21)12-13-2-4-14(17)5-3-13/h2-5,10-11H,6-9,12H2,1H3. The van der Waals surface area contributed by atoms with Crippen LogP contribution in [0.3, 0.4) is 0 Å². The highest BCUT2D eigenvalue weighted by molar-refractivity contribution is 9.10. The number of piperazine rings is 1. The lowest BCUT2D eigenvalue weighted by molar-refractivity contribution is 0.249. The molecule has 0 amide bonds. The normalized spacial score (nSPS) is 16.0. The zero-order valence-electron chi connectivity index (χ0n) is 12.6. The minimum Gasteiger partial charge on any atom is -0.368 e. The molecule has 116 valence electrons. The maximum atomic E-state index is 11.7. The fourth-order valence-corrected chi connectivity index (χ4v) is 2.91. The Morgan fingerprint density at radius 2 is 1.82 bits per heavy atom. The summed E-state index contributed by atoms with van der Waals surface area (Å²) in [6, 6.07) is 10.1. The first kappa shape index (κ1) is 15.2. The highest BCUT2D eigenvalue weighted by Crippen LogP contribution is 2.16. The first-order valence-electron chi connectivity index (χ1n) is 7.37. The van der Waals surface area contributed by atoms with Crippen molar-refractivity contribution in [1.29, 1.82) is 0 Å². The molecule has 2 aromatic rings. The Balaban J connectivity index is 1.59. The van der Waals surface area contributed by atoms with E-state index in [0.29, 0.717) is 0 Å². The lowest BCUT2D eigenvalue weighted by Gasteiger charge is -2.35. The summed E-state index contributed by atoms with van der Waals surface area (Å²) >= 11 is 3.46. The zero-order valence-corrected chi connectivity index (χ0v) is 14.2. The van der Waals surface area contributed by atoms with Crippen LogP contribution in [0.25, 0.3) is 0 Å². The highest BCUT2D eigenvalue weighted by Gasteiger charge is 2.18. The third-order valence-corrected chi connectivity index (χ3v) is 4.54. The van der Waals surface area contributed by atoms with Gasteiger partial charge in [-0.25, -0.2) is 4.68 Å². The molecule has 5 nitrogen and oxygen atoms in total. The summed E-state index contributed by atoms with van der Waals surface area (Å²) in [5, 5.41) is 4.09. The molecule has 1 aliphatic heterocycles. The molecule has 0 radical (unpaired) electrons. The predicted molar refractivity (Wildman–Crippen MR) is 91.1 cm³/mol. The van der Waals surface area contributed by atoms with Gasteiger partial charge in [0, 0.05) is 50.3 Å². The van der Waals surface area contributed by atoms with Crippen molar-refractivity contribution in [3.05, 3.63) is 56.9 Å². The molecule has 3 rings (SSSR count). The van der Waals surface area contributed by atoms with Crippen molar-refractivity contribution in [2.45, 2.75) is 6.54 Å². The third kappa shape index (κ3) is 3.56. The van der Waals surface area contributed by atoms with E-state index >= 15 is 0 Å². The van der Waals surface area contributed by atoms with Crippen LogP contribution in [0.4, 0.5) is 5.69 Å². The Hall–Kier alpha value is -1.66. The zero-order chi connectivity index (χ0) is 15.5. The molecular formula is C16H19BrN4O. The highest BCUT2D eigenvalue weighted by atomic mass is 79.9. The molecule has 0 unspecified atom stereocenters. The van der Waals surface area contributed by atoms with E-state index in [1.807, 2.05) is 0 Å². The first-order chi connectivity index (χ1) is 10.6. The molecule has 6 heteroatoms. The minimum absolute atomic E-state index is 0.0604. The predicted octanol–water partition coefficient (Wildman–Crippen LogP) is 1.86. The third-order valence-electron chi connectivity index (χ3n) is 4.01. The van der Waals surface area contributed by atoms with Gasteiger partial charge in [0.15, 0.2) is 0 Å². The summed E-state index contributed by atoms with van der Waals surface area (Å²) < 4.78 is 2.46. The van der Waals surface area contributed by atoms with Crippen molar-refractivity contribution in [1.82, 2.24) is 14.7 Å². The summed E-state index contributed by atoms with van der Waals surface area (Å²) in [6.45, 7) is 4.79. The van der Waals surface area contributed by atoms with Crippen LogP contribution in [0.5, 0.6) is 0 Å². The fourth-order valence-electron chi connectivity index (χ4n) is 2.64. The molecule has 1 saturated heterocycles. The van der Waals surface area contributed by atoms with Crippen molar-refractivity contribution in [2.75, 3.05) is 31.1 Å². The van der Waals surface area contributed by atoms with Crippen LogP contribution in [-0.2, 0) is 13.6 Å². The number of benzene rings is 1. The molecule has 0 atom stereocenters. The van der Waals surface area contributed by atoms with Crippen LogP contribution in [0.1, 0.15) is 5.56 Å². The van der Waals surface area contributed by atoms with Gasteiger partial charge < -0.3 is 4.90 Å². The second-order valence-corrected chi connectivity index (χ2v) is 6.48. The van der Waals surface area contributed by atoms with Gasteiger partial charge in [-0.2, -0.15) is 5.10 Å². The Kier molecular flexibility index (Phi) is 4.59. The molecule has 0 N–H and O–H groups in total. The number of aromatic nitrogens is 2. The lowest BCUT2D eigenvalue weighted by Crippen LogP contribution is -2.46. The van der Waals surface area contributed by atoms with Crippen LogP contribution in [0.15, 0.2) is 45.8 Å². The average molecular weight is 363 g/mol. The molecule has 0 aliphatic carbocycles. The monoisotopic (exact) mass is 362 g/mol. The van der Waals surface area contributed by atoms with Crippen LogP contribution in [0.2, 0.25) is 0 Å². The Bertz CT molecular complexity index is 690. The number of halogens is 1. The van der Waals surface area contributed by atoms with Gasteiger partial charge in [-0.05, 0) is 17.7 Å². The van der Waals surface area contributed by atoms with Gasteiger partial charge in [0.25, 0.3) is 5.56 Å². The smallest absolute Gasteiger partial charge is 0.268 e. The van der Waals surface area contributed by atoms with Crippen LogP contribution in [0, 0.1) is 0 Å². The fraction of sp³-hybridized carbons (Fsp3) is 0.375. The summed E-state index contributed by atoms with van der Waals surface area (Å²) in [6.07, 6.45) is 1.77. The minimum atomic E-state index is -0.0604. The number of rotatable bonds is 3. The topological polar surface area (TPSA) is 41.4 Å². The quantitative estimate of drug-likeness (QED) is 0.835. The molecule has 0 spiro atoms. The van der Waals surface area contributed by atoms with Gasteiger partial charge in [-0.15, -0.1) is 0 Å². The summed E-state index contributed by atoms with van der Waals surface area (Å²) in [5.74, 6) is 0. The summed E-state index contributed by atoms with van der Waals surface area (Å²) in [4.78, 5) is 16.3. The molecule has 1 aromatic carbocycles. The molecule has 0 saturated carbocycles. The Labute approximate surface area is 138 Å². The average Bonchev–Trinajstić information content (AvgIpc) is 2.53. The van der Waals surface area contributed by atoms with Crippen LogP contribution in [-0.4, -0.2) is 40.9 Å². The van der Waals surface area contributed by atoms with Gasteiger partial charge in [0.2, 0.25) is 0 Å². The van der Waals surface area contributed by atoms with E-state index in [0.717, 1.165) is 42.9 Å². The van der Waals surface area contributed by atoms with Crippen molar-refractivity contribution in [3.63, 3.8) is 0 Å². The van der Waals surface area contributed by atoms with Crippen molar-refractivity contribution in [2.24, 2.45) is 7.05 Å². The second kappa shape index (κ2) is 6.62. The van der Waals surface area contributed by atoms with E-state index in [-0.39, 0.29) is 5.56 Å². The number of nitrogens with zero attached hydrogens (tertiary/aromatic N) is 4. The molecule has 1 aromatic heterocycles. The van der Waals surface area contributed by atoms with E-state index in [1.165, 1.54) is 10.2 Å². The second-order valence-electron chi connectivity index (χ2n) is 5.57. The van der Waals surface area contributed by atoms with Gasteiger partial charge >= 0.3 is 0 Å². The van der Waals surface area contributed by atoms with Gasteiger partial charge in [-0.1, -0.05) is 28.1 Å². The summed E-state index contributed by atoms with van der Waals surface area (Å²) in [5.41, 5.74) is 2.19. The Morgan fingerprint density at radius 1 is 1.14 bits per heavy atom. The van der Waals surface area contributed by atoms with E-state index in [2.05, 4.69) is 55.1 Å². The molecular weight excluding hydrogens is 344 g/mol. The van der Waals surface area contributed by atoms with Gasteiger partial charge in [0.05, 0.1) is 11.9 Å². The van der Waals surface area contributed by atoms with E-state index < -0.39 is 0 Å². The molecule has 0 bridgehead atoms. The SMILES string of the molecule is Cn1ncc(N2CCN(Cc3ccc(Br)cc3)CC2)cc1=O. The molecule has 1 fully saturated rings. The molecule has 2 heterocycles. The maximum Gasteiger partial charge on any atom is 0.268 e. The van der Waals surface area contributed by atoms with Crippen LogP contribution < -0.4 is 10.5 Å². The van der Waals surface area contributed by atoms with E-state index in [4.69, 9.17) is 0 Å². The van der Waals surface area contributed by atoms with Crippen molar-refractivity contribution in [3.8, 4) is 0 Å². The van der Waals surface area contributed by atoms with Gasteiger partial charge in [-0.3, -0.25) is 9.69 Å². The number of hydrogen-bond acceptors (Lipinski definition) is 4. The summed E-state index contributed by atoms with van der Waals surface area (Å²) in [7, 11) is 1.67. The molecule has 22 heavy (non-hydrogen) atoms. The molecule has 1 aliphatic rings. The first-order valence-corrected chi connectivity index (χ1v) is 8.16. The van der Waals surface area contributed by atoms with Crippen molar-refractivity contribution < 1.29 is 0 Å². The Morgan fingerprint density at radius 3 is 2.45 bits per heavy atom. The largest absolute Gasteiger partial charge is 0.368 e. The van der Waals surface area contributed by atoms with Gasteiger partial charge in [0.1, 0.15) is 0 Å². The number of anilines is 1. The van der Waals surface area contributed by atoms with Crippen LogP contribution >= 0.6 is 15.9 Å². The van der Waals surface area contributed by atoms with E-state index in [1.54, 1.807) is 19.3 Å². The number of aryl methyl sites for hydroxylation is 1. The maximum absolute atomic E-state index is 11.7. The van der Waals surface area contributed by atoms with Crippen molar-refractivity contribution >= 4 is 21.6 Å². The lowest BCUT2D eigenvalue weighted by atomic mass is 10.2.